The van der Waals surface area contributed by atoms with Crippen LogP contribution in [0.25, 0.3) is 10.8 Å². The van der Waals surface area contributed by atoms with Crippen molar-refractivity contribution in [2.75, 3.05) is 83.4 Å². The van der Waals surface area contributed by atoms with E-state index in [0.717, 1.165) is 88.9 Å². The van der Waals surface area contributed by atoms with Crippen molar-refractivity contribution >= 4 is 40.4 Å². The number of likely N-dealkylation sites (tertiary alicyclic amines) is 2. The van der Waals surface area contributed by atoms with Gasteiger partial charge in [0.2, 0.25) is 11.8 Å². The Bertz CT molecular complexity index is 2960. The lowest BCUT2D eigenvalue weighted by molar-refractivity contribution is -0.135. The molecule has 19 heteroatoms. The minimum absolute atomic E-state index is 0.0229. The number of ether oxygens (including phenoxy) is 3. The van der Waals surface area contributed by atoms with Crippen LogP contribution in [0.4, 0.5) is 15.0 Å². The molecule has 1 aliphatic carbocycles. The van der Waals surface area contributed by atoms with Crippen LogP contribution in [0.1, 0.15) is 105 Å². The van der Waals surface area contributed by atoms with Gasteiger partial charge in [-0.25, -0.2) is 14.3 Å². The lowest BCUT2D eigenvalue weighted by Gasteiger charge is -2.38. The van der Waals surface area contributed by atoms with E-state index in [1.165, 1.54) is 6.07 Å². The fourth-order valence-electron chi connectivity index (χ4n) is 11.0. The number of nitrogens with one attached hydrogen (secondary N) is 1. The quantitative estimate of drug-likeness (QED) is 0.123. The molecule has 1 unspecified atom stereocenters. The fraction of sp³-hybridized carbons (Fsp3) is 0.509. The molecule has 6 heterocycles. The van der Waals surface area contributed by atoms with Crippen molar-refractivity contribution in [1.29, 1.82) is 0 Å². The van der Waals surface area contributed by atoms with Gasteiger partial charge in [0.1, 0.15) is 23.7 Å². The predicted octanol–water partition coefficient (Wildman–Crippen LogP) is 6.78. The predicted molar refractivity (Wildman–Crippen MR) is 283 cm³/mol. The summed E-state index contributed by atoms with van der Waals surface area (Å²) in [5.41, 5.74) is 1.48. The van der Waals surface area contributed by atoms with Crippen LogP contribution < -0.4 is 15.2 Å². The maximum atomic E-state index is 15.1. The van der Waals surface area contributed by atoms with Gasteiger partial charge in [0.25, 0.3) is 11.5 Å². The summed E-state index contributed by atoms with van der Waals surface area (Å²) in [4.78, 5) is 77.1. The highest BCUT2D eigenvalue weighted by Gasteiger charge is 2.38. The molecule has 3 aromatic carbocycles. The minimum Gasteiger partial charge on any atom is -0.456 e. The number of hydrogen-bond acceptors (Lipinski definition) is 13. The van der Waals surface area contributed by atoms with Gasteiger partial charge in [-0.3, -0.25) is 29.0 Å². The summed E-state index contributed by atoms with van der Waals surface area (Å²) >= 11 is 0. The van der Waals surface area contributed by atoms with Crippen LogP contribution >= 0.6 is 0 Å². The SMILES string of the molecule is CC(C)(C)OC(=O)N(CC(=O)N1CCCC(c2cccc(Oc3cnnc(N4CCC(OC5CCN(CC(=O)N6CCN(C(=O)c7cc(Cc8n[nH]c(=O)c9ccccc89)ccc7F)CC6)CC5)CC4)c3)c2)C1)C1CC1. The largest absolute Gasteiger partial charge is 0.456 e. The zero-order valence-corrected chi connectivity index (χ0v) is 43.8. The summed E-state index contributed by atoms with van der Waals surface area (Å²) in [6.45, 7) is 11.5. The van der Waals surface area contributed by atoms with Gasteiger partial charge in [-0.2, -0.15) is 10.2 Å². The third kappa shape index (κ3) is 13.0. The van der Waals surface area contributed by atoms with Crippen molar-refractivity contribution in [3.63, 3.8) is 0 Å². The molecule has 5 aliphatic rings. The first-order valence-electron chi connectivity index (χ1n) is 27.0. The van der Waals surface area contributed by atoms with Crippen LogP contribution in [0.15, 0.2) is 83.8 Å². The molecular weight excluding hydrogens is 972 g/mol. The number of nitrogens with zero attached hydrogens (tertiary/aromatic N) is 9. The molecule has 1 saturated carbocycles. The number of aromatic amines is 1. The van der Waals surface area contributed by atoms with E-state index in [9.17, 15) is 24.0 Å². The molecule has 402 valence electrons. The number of aromatic nitrogens is 4. The highest BCUT2D eigenvalue weighted by Crippen LogP contribution is 2.34. The second-order valence-corrected chi connectivity index (χ2v) is 21.9. The lowest BCUT2D eigenvalue weighted by atomic mass is 9.90. The highest BCUT2D eigenvalue weighted by molar-refractivity contribution is 5.95. The van der Waals surface area contributed by atoms with Gasteiger partial charge in [0.05, 0.1) is 41.6 Å². The van der Waals surface area contributed by atoms with Crippen LogP contribution in [-0.2, 0) is 25.5 Å². The van der Waals surface area contributed by atoms with Crippen molar-refractivity contribution < 1.29 is 37.8 Å². The summed E-state index contributed by atoms with van der Waals surface area (Å²) in [6, 6.07) is 21.7. The first-order valence-corrected chi connectivity index (χ1v) is 27.0. The molecule has 1 atom stereocenters. The summed E-state index contributed by atoms with van der Waals surface area (Å²) in [5.74, 6) is 1.11. The van der Waals surface area contributed by atoms with Crippen molar-refractivity contribution in [2.24, 2.45) is 0 Å². The number of carbonyl (C=O) groups excluding carboxylic acids is 4. The van der Waals surface area contributed by atoms with Gasteiger partial charge < -0.3 is 33.8 Å². The topological polar surface area (TPSA) is 187 Å². The van der Waals surface area contributed by atoms with Crippen molar-refractivity contribution in [1.82, 2.24) is 44.9 Å². The number of halogens is 1. The Hall–Kier alpha value is -6.99. The molecule has 0 spiro atoms. The molecule has 5 fully saturated rings. The van der Waals surface area contributed by atoms with E-state index in [4.69, 9.17) is 14.2 Å². The average Bonchev–Trinajstić information content (AvgIpc) is 4.28. The smallest absolute Gasteiger partial charge is 0.411 e. The summed E-state index contributed by atoms with van der Waals surface area (Å²) in [5, 5.41) is 16.7. The highest BCUT2D eigenvalue weighted by atomic mass is 19.1. The third-order valence-corrected chi connectivity index (χ3v) is 15.2. The Balaban J connectivity index is 0.636. The zero-order valence-electron chi connectivity index (χ0n) is 43.8. The second-order valence-electron chi connectivity index (χ2n) is 21.9. The van der Waals surface area contributed by atoms with Crippen LogP contribution in [0.5, 0.6) is 11.5 Å². The van der Waals surface area contributed by atoms with Crippen LogP contribution in [0.3, 0.4) is 0 Å². The van der Waals surface area contributed by atoms with E-state index >= 15 is 4.39 Å². The van der Waals surface area contributed by atoms with Gasteiger partial charge in [0, 0.05) is 95.3 Å². The van der Waals surface area contributed by atoms with Crippen molar-refractivity contribution in [3.05, 3.63) is 118 Å². The third-order valence-electron chi connectivity index (χ3n) is 15.2. The van der Waals surface area contributed by atoms with Gasteiger partial charge in [0.15, 0.2) is 11.6 Å². The van der Waals surface area contributed by atoms with Gasteiger partial charge >= 0.3 is 6.09 Å². The minimum atomic E-state index is -0.627. The lowest BCUT2D eigenvalue weighted by Crippen LogP contribution is -2.53. The number of fused-ring (bicyclic) bond motifs is 1. The van der Waals surface area contributed by atoms with Crippen LogP contribution in [0.2, 0.25) is 0 Å². The molecular formula is C57H69FN10O8. The number of piperazine rings is 1. The molecule has 10 rings (SSSR count). The molecule has 4 aliphatic heterocycles. The maximum Gasteiger partial charge on any atom is 0.411 e. The molecule has 4 saturated heterocycles. The summed E-state index contributed by atoms with van der Waals surface area (Å²) in [6.07, 6.45) is 8.74. The Morgan fingerprint density at radius 2 is 1.47 bits per heavy atom. The molecule has 4 amide bonds. The first kappa shape index (κ1) is 52.5. The van der Waals surface area contributed by atoms with E-state index in [2.05, 4.69) is 36.3 Å². The van der Waals surface area contributed by atoms with Crippen LogP contribution in [0, 0.1) is 5.82 Å². The summed E-state index contributed by atoms with van der Waals surface area (Å²) < 4.78 is 33.7. The molecule has 2 aromatic heterocycles. The van der Waals surface area contributed by atoms with E-state index in [0.29, 0.717) is 85.8 Å². The van der Waals surface area contributed by atoms with Crippen molar-refractivity contribution in [2.45, 2.75) is 108 Å². The zero-order chi connectivity index (χ0) is 52.9. The van der Waals surface area contributed by atoms with Crippen molar-refractivity contribution in [3.8, 4) is 11.5 Å². The van der Waals surface area contributed by atoms with Gasteiger partial charge in [-0.05, 0) is 114 Å². The number of piperidine rings is 3. The molecule has 1 N–H and O–H groups in total. The molecule has 5 aromatic rings. The Kier molecular flexibility index (Phi) is 15.9. The molecule has 0 bridgehead atoms. The standard InChI is InChI=1S/C57H69FN10O8/c1-57(2,3)76-56(73)68(41-14-15-41)37-53(70)67-21-7-9-40(35-67)39-8-6-10-44(32-39)75-45-33-51(61-59-34-45)64-24-19-43(20-25-64)74-42-17-22-63(23-18-42)36-52(69)65-26-28-66(29-27-65)55(72)48-30-38(13-16-49(48)58)31-50-46-11-4-5-12-47(46)54(71)62-60-50/h4-6,8,10-13,16,30,32-34,40-43H,7,9,14-15,17-29,31,35-37H2,1-3H3,(H,62,71). The van der Waals surface area contributed by atoms with E-state index in [1.807, 2.05) is 62.1 Å². The van der Waals surface area contributed by atoms with Gasteiger partial charge in [-0.15, -0.1) is 5.10 Å². The fourth-order valence-corrected chi connectivity index (χ4v) is 11.0. The maximum absolute atomic E-state index is 15.1. The Morgan fingerprint density at radius 3 is 2.21 bits per heavy atom. The normalized spacial score (nSPS) is 19.2. The Labute approximate surface area is 442 Å². The number of carbonyl (C=O) groups is 4. The Morgan fingerprint density at radius 1 is 0.750 bits per heavy atom. The number of anilines is 1. The number of rotatable bonds is 14. The number of amides is 4. The molecule has 0 radical (unpaired) electrons. The average molecular weight is 1040 g/mol. The van der Waals surface area contributed by atoms with E-state index in [1.54, 1.807) is 45.2 Å². The molecule has 76 heavy (non-hydrogen) atoms. The van der Waals surface area contributed by atoms with Crippen LogP contribution in [-0.4, -0.2) is 171 Å². The second kappa shape index (κ2) is 23.1. The first-order chi connectivity index (χ1) is 36.7. The molecule has 18 nitrogen and oxygen atoms in total. The van der Waals surface area contributed by atoms with E-state index in [-0.39, 0.29) is 53.6 Å². The monoisotopic (exact) mass is 1040 g/mol. The summed E-state index contributed by atoms with van der Waals surface area (Å²) in [7, 11) is 0. The number of H-pyrrole nitrogens is 1. The van der Waals surface area contributed by atoms with Gasteiger partial charge in [-0.1, -0.05) is 36.4 Å². The number of hydrogen-bond donors (Lipinski definition) is 1. The van der Waals surface area contributed by atoms with E-state index < -0.39 is 23.4 Å². The number of benzene rings is 3.